The minimum absolute atomic E-state index is 0. The molecule has 6 aromatic rings. The van der Waals surface area contributed by atoms with Gasteiger partial charge in [-0.15, -0.1) is 11.8 Å². The Labute approximate surface area is 248 Å². The monoisotopic (exact) mass is 538 g/mol. The Bertz CT molecular complexity index is 1660. The van der Waals surface area contributed by atoms with Crippen LogP contribution in [0.2, 0.25) is 5.02 Å². The third kappa shape index (κ3) is 5.96. The molecule has 36 heavy (non-hydrogen) atoms. The van der Waals surface area contributed by atoms with Crippen molar-refractivity contribution in [1.82, 2.24) is 19.9 Å². The number of thioether (sulfide) groups is 1. The van der Waals surface area contributed by atoms with Crippen molar-refractivity contribution < 1.29 is 29.6 Å². The van der Waals surface area contributed by atoms with Gasteiger partial charge in [-0.1, -0.05) is 48.0 Å². The molecule has 0 fully saturated rings. The van der Waals surface area contributed by atoms with Crippen molar-refractivity contribution in [3.63, 3.8) is 0 Å². The Morgan fingerprint density at radius 1 is 0.694 bits per heavy atom. The minimum atomic E-state index is 0. The van der Waals surface area contributed by atoms with E-state index in [4.69, 9.17) is 11.6 Å². The Morgan fingerprint density at radius 2 is 1.19 bits per heavy atom. The number of halogens is 1. The van der Waals surface area contributed by atoms with Crippen molar-refractivity contribution in [2.24, 2.45) is 0 Å². The van der Waals surface area contributed by atoms with E-state index in [-0.39, 0.29) is 29.6 Å². The summed E-state index contributed by atoms with van der Waals surface area (Å²) in [7, 11) is 0. The van der Waals surface area contributed by atoms with Crippen LogP contribution in [0.3, 0.4) is 0 Å². The van der Waals surface area contributed by atoms with Crippen LogP contribution in [0.25, 0.3) is 43.6 Å². The summed E-state index contributed by atoms with van der Waals surface area (Å²) in [5, 5.41) is 5.11. The first-order valence-electron chi connectivity index (χ1n) is 11.0. The molecule has 0 unspecified atom stereocenters. The number of fused-ring (bicyclic) bond motifs is 6. The maximum Gasteiger partial charge on any atom is 1.00 e. The van der Waals surface area contributed by atoms with E-state index in [1.807, 2.05) is 56.4 Å². The van der Waals surface area contributed by atoms with Crippen LogP contribution in [0.15, 0.2) is 78.0 Å². The summed E-state index contributed by atoms with van der Waals surface area (Å²) in [5.74, 6) is 0. The molecule has 0 spiro atoms. The third-order valence-electron chi connectivity index (χ3n) is 5.49. The van der Waals surface area contributed by atoms with Crippen molar-refractivity contribution in [1.29, 1.82) is 0 Å². The molecule has 0 aliphatic rings. The number of hydrogen-bond acceptors (Lipinski definition) is 6. The van der Waals surface area contributed by atoms with Gasteiger partial charge in [0, 0.05) is 50.2 Å². The number of aromatic nitrogens is 4. The van der Waals surface area contributed by atoms with E-state index in [9.17, 15) is 0 Å². The van der Waals surface area contributed by atoms with Crippen LogP contribution in [0.4, 0.5) is 0 Å². The molecule has 0 N–H and O–H groups in total. The van der Waals surface area contributed by atoms with Gasteiger partial charge in [-0.05, 0) is 44.4 Å². The van der Waals surface area contributed by atoms with E-state index in [1.165, 1.54) is 10.3 Å². The Morgan fingerprint density at radius 3 is 1.75 bits per heavy atom. The van der Waals surface area contributed by atoms with Crippen LogP contribution in [0.5, 0.6) is 0 Å². The van der Waals surface area contributed by atoms with E-state index in [1.54, 1.807) is 24.2 Å². The van der Waals surface area contributed by atoms with Crippen molar-refractivity contribution in [3.05, 3.63) is 89.5 Å². The zero-order valence-electron chi connectivity index (χ0n) is 20.9. The van der Waals surface area contributed by atoms with Gasteiger partial charge in [-0.3, -0.25) is 19.9 Å². The Balaban J connectivity index is 0.000000183. The van der Waals surface area contributed by atoms with Gasteiger partial charge in [0.15, 0.2) is 0 Å². The summed E-state index contributed by atoms with van der Waals surface area (Å²) in [6, 6.07) is 20.2. The first-order chi connectivity index (χ1) is 17.0. The standard InChI is InChI=1S/C14H12N2S.C13H9ClN2.CH4S.Na/c1-9-8-12(17-2)11-6-5-10-4-3-7-15-13(10)14(11)16-9;1-8-7-11(14)10-5-4-9-3-2-6-15-12(9)13(10)16-8;1-2;/h3-8H,1-2H3;2-7H,1H3;2H,1H3;/q;;;+1/p-1. The summed E-state index contributed by atoms with van der Waals surface area (Å²) in [4.78, 5) is 19.2. The van der Waals surface area contributed by atoms with Crippen molar-refractivity contribution in [2.45, 2.75) is 18.7 Å². The average Bonchev–Trinajstić information content (AvgIpc) is 2.89. The van der Waals surface area contributed by atoms with Gasteiger partial charge in [0.05, 0.1) is 27.1 Å². The van der Waals surface area contributed by atoms with Crippen molar-refractivity contribution >= 4 is 79.6 Å². The molecule has 0 bridgehead atoms. The van der Waals surface area contributed by atoms with E-state index < -0.39 is 0 Å². The number of nitrogens with zero attached hydrogens (tertiary/aromatic N) is 4. The maximum atomic E-state index is 6.19. The van der Waals surface area contributed by atoms with Crippen molar-refractivity contribution in [2.75, 3.05) is 12.5 Å². The summed E-state index contributed by atoms with van der Waals surface area (Å²) >= 11 is 12.0. The molecule has 0 saturated carbocycles. The normalized spacial score (nSPS) is 10.4. The van der Waals surface area contributed by atoms with Gasteiger partial charge >= 0.3 is 29.6 Å². The number of rotatable bonds is 1. The zero-order valence-corrected chi connectivity index (χ0v) is 25.3. The molecule has 0 amide bonds. The molecule has 176 valence electrons. The first kappa shape index (κ1) is 28.6. The molecule has 0 aliphatic carbocycles. The average molecular weight is 539 g/mol. The Hall–Kier alpha value is -1.93. The Kier molecular flexibility index (Phi) is 10.4. The van der Waals surface area contributed by atoms with E-state index in [2.05, 4.69) is 63.1 Å². The second kappa shape index (κ2) is 13.0. The smallest absolute Gasteiger partial charge is 0.796 e. The molecule has 0 radical (unpaired) electrons. The number of aryl methyl sites for hydroxylation is 2. The molecule has 0 saturated heterocycles. The molecule has 4 nitrogen and oxygen atoms in total. The second-order valence-corrected chi connectivity index (χ2v) is 9.04. The van der Waals surface area contributed by atoms with Gasteiger partial charge in [-0.25, -0.2) is 0 Å². The zero-order chi connectivity index (χ0) is 24.9. The van der Waals surface area contributed by atoms with Crippen LogP contribution >= 0.6 is 23.4 Å². The molecule has 2 aromatic carbocycles. The largest absolute Gasteiger partial charge is 1.00 e. The van der Waals surface area contributed by atoms with E-state index in [0.29, 0.717) is 0 Å². The topological polar surface area (TPSA) is 51.6 Å². The predicted molar refractivity (Wildman–Crippen MR) is 154 cm³/mol. The summed E-state index contributed by atoms with van der Waals surface area (Å²) < 4.78 is 0. The summed E-state index contributed by atoms with van der Waals surface area (Å²) in [5.41, 5.74) is 5.74. The second-order valence-electron chi connectivity index (χ2n) is 7.79. The first-order valence-corrected chi connectivity index (χ1v) is 13.4. The van der Waals surface area contributed by atoms with Crippen LogP contribution in [0, 0.1) is 13.8 Å². The van der Waals surface area contributed by atoms with Crippen LogP contribution < -0.4 is 29.6 Å². The SMILES string of the molecule is CSc1cc(C)nc2c1ccc1cccnc12.C[S-].Cc1cc(Cl)c2ccc3cccnc3c2n1.[Na+]. The number of benzene rings is 2. The summed E-state index contributed by atoms with van der Waals surface area (Å²) in [6.45, 7) is 3.97. The van der Waals surface area contributed by atoms with Crippen LogP contribution in [0.1, 0.15) is 11.4 Å². The number of hydrogen-bond donors (Lipinski definition) is 0. The minimum Gasteiger partial charge on any atom is -0.796 e. The van der Waals surface area contributed by atoms with E-state index in [0.717, 1.165) is 54.6 Å². The molecule has 4 aromatic heterocycles. The molecular weight excluding hydrogens is 515 g/mol. The quantitative estimate of drug-likeness (QED) is 0.131. The molecule has 0 atom stereocenters. The number of pyridine rings is 4. The molecule has 6 rings (SSSR count). The maximum absolute atomic E-state index is 6.19. The predicted octanol–water partition coefficient (Wildman–Crippen LogP) is 4.73. The van der Waals surface area contributed by atoms with E-state index >= 15 is 0 Å². The van der Waals surface area contributed by atoms with Crippen molar-refractivity contribution in [3.8, 4) is 0 Å². The summed E-state index contributed by atoms with van der Waals surface area (Å²) in [6.07, 6.45) is 7.28. The van der Waals surface area contributed by atoms with Gasteiger partial charge in [0.25, 0.3) is 0 Å². The van der Waals surface area contributed by atoms with Crippen LogP contribution in [-0.2, 0) is 12.6 Å². The van der Waals surface area contributed by atoms with Gasteiger partial charge in [-0.2, -0.15) is 6.26 Å². The third-order valence-corrected chi connectivity index (χ3v) is 6.58. The van der Waals surface area contributed by atoms with Gasteiger partial charge in [0.1, 0.15) is 0 Å². The fraction of sp³-hybridized carbons (Fsp3) is 0.143. The van der Waals surface area contributed by atoms with Crippen LogP contribution in [-0.4, -0.2) is 32.4 Å². The molecule has 8 heteroatoms. The van der Waals surface area contributed by atoms with Gasteiger partial charge < -0.3 is 12.6 Å². The fourth-order valence-corrected chi connectivity index (χ4v) is 4.98. The molecule has 0 aliphatic heterocycles. The van der Waals surface area contributed by atoms with Gasteiger partial charge in [0.2, 0.25) is 0 Å². The molecule has 4 heterocycles. The fourth-order valence-electron chi connectivity index (χ4n) is 3.99. The molecular formula is C28H24ClN4NaS2.